The topological polar surface area (TPSA) is 78.9 Å². The highest BCUT2D eigenvalue weighted by molar-refractivity contribution is 5.71. The molecule has 0 spiro atoms. The summed E-state index contributed by atoms with van der Waals surface area (Å²) in [6.45, 7) is 8.93. The molecule has 56 heavy (non-hydrogen) atoms. The van der Waals surface area contributed by atoms with Gasteiger partial charge in [-0.3, -0.25) is 14.4 Å². The van der Waals surface area contributed by atoms with Crippen molar-refractivity contribution < 1.29 is 28.6 Å². The van der Waals surface area contributed by atoms with E-state index in [2.05, 4.69) is 27.7 Å². The van der Waals surface area contributed by atoms with Crippen LogP contribution in [0.15, 0.2) is 0 Å². The van der Waals surface area contributed by atoms with E-state index in [9.17, 15) is 14.4 Å². The molecule has 0 saturated heterocycles. The largest absolute Gasteiger partial charge is 0.462 e. The molecule has 0 heterocycles. The molecular weight excluding hydrogens is 697 g/mol. The van der Waals surface area contributed by atoms with Crippen LogP contribution in [-0.2, 0) is 28.6 Å². The smallest absolute Gasteiger partial charge is 0.306 e. The van der Waals surface area contributed by atoms with Gasteiger partial charge in [-0.1, -0.05) is 240 Å². The van der Waals surface area contributed by atoms with Crippen molar-refractivity contribution in [1.29, 1.82) is 0 Å². The number of unbranched alkanes of at least 4 members (excludes halogenated alkanes) is 32. The summed E-state index contributed by atoms with van der Waals surface area (Å²) in [5, 5.41) is 0. The molecule has 0 aliphatic heterocycles. The first-order valence-electron chi connectivity index (χ1n) is 24.9. The highest BCUT2D eigenvalue weighted by Gasteiger charge is 2.19. The Hall–Kier alpha value is -1.59. The summed E-state index contributed by atoms with van der Waals surface area (Å²) < 4.78 is 16.6. The van der Waals surface area contributed by atoms with Crippen LogP contribution in [0.25, 0.3) is 0 Å². The second kappa shape index (κ2) is 44.5. The molecule has 0 fully saturated rings. The Labute approximate surface area is 348 Å². The Kier molecular flexibility index (Phi) is 43.2. The van der Waals surface area contributed by atoms with Crippen molar-refractivity contribution in [2.24, 2.45) is 5.92 Å². The normalized spacial score (nSPS) is 11.9. The summed E-state index contributed by atoms with van der Waals surface area (Å²) in [5.74, 6) is -0.0369. The lowest BCUT2D eigenvalue weighted by Gasteiger charge is -2.18. The minimum Gasteiger partial charge on any atom is -0.462 e. The molecule has 0 aliphatic rings. The van der Waals surface area contributed by atoms with Crippen LogP contribution in [0.5, 0.6) is 0 Å². The molecule has 0 aromatic rings. The summed E-state index contributed by atoms with van der Waals surface area (Å²) in [7, 11) is 0. The minimum absolute atomic E-state index is 0.0647. The lowest BCUT2D eigenvalue weighted by atomic mass is 10.0. The number of carbonyl (C=O) groups is 3. The molecule has 0 N–H and O–H groups in total. The average Bonchev–Trinajstić information content (AvgIpc) is 3.18. The SMILES string of the molecule is CCCCCCCCCCCCCCCCCCCCCC(=O)OC[C@@H](COC(=O)CCCCCCCCCCCCCC(C)C)OC(=O)CCCCCCC. The minimum atomic E-state index is -0.758. The molecule has 0 rings (SSSR count). The van der Waals surface area contributed by atoms with Gasteiger partial charge in [-0.2, -0.15) is 0 Å². The van der Waals surface area contributed by atoms with Crippen LogP contribution >= 0.6 is 0 Å². The van der Waals surface area contributed by atoms with Crippen molar-refractivity contribution in [2.75, 3.05) is 13.2 Å². The zero-order chi connectivity index (χ0) is 41.0. The van der Waals surface area contributed by atoms with Crippen molar-refractivity contribution >= 4 is 17.9 Å². The van der Waals surface area contributed by atoms with E-state index < -0.39 is 6.10 Å². The van der Waals surface area contributed by atoms with Gasteiger partial charge >= 0.3 is 17.9 Å². The lowest BCUT2D eigenvalue weighted by Crippen LogP contribution is -2.30. The van der Waals surface area contributed by atoms with Crippen molar-refractivity contribution in [3.05, 3.63) is 0 Å². The lowest BCUT2D eigenvalue weighted by molar-refractivity contribution is -0.167. The summed E-state index contributed by atoms with van der Waals surface area (Å²) in [5.41, 5.74) is 0. The van der Waals surface area contributed by atoms with Gasteiger partial charge in [-0.05, 0) is 25.2 Å². The summed E-state index contributed by atoms with van der Waals surface area (Å²) >= 11 is 0. The monoisotopic (exact) mass is 793 g/mol. The Morgan fingerprint density at radius 3 is 0.875 bits per heavy atom. The van der Waals surface area contributed by atoms with Crippen LogP contribution in [0.3, 0.4) is 0 Å². The third-order valence-corrected chi connectivity index (χ3v) is 11.3. The molecular formula is C50H96O6. The number of hydrogen-bond donors (Lipinski definition) is 0. The molecule has 1 atom stereocenters. The molecule has 0 unspecified atom stereocenters. The zero-order valence-corrected chi connectivity index (χ0v) is 38.1. The zero-order valence-electron chi connectivity index (χ0n) is 38.1. The number of ether oxygens (including phenoxy) is 3. The predicted octanol–water partition coefficient (Wildman–Crippen LogP) is 15.9. The molecule has 0 saturated carbocycles. The first-order chi connectivity index (χ1) is 27.4. The van der Waals surface area contributed by atoms with Crippen molar-refractivity contribution in [1.82, 2.24) is 0 Å². The maximum atomic E-state index is 12.6. The molecule has 0 radical (unpaired) electrons. The highest BCUT2D eigenvalue weighted by Crippen LogP contribution is 2.17. The molecule has 332 valence electrons. The fraction of sp³-hybridized carbons (Fsp3) is 0.940. The van der Waals surface area contributed by atoms with Gasteiger partial charge in [0, 0.05) is 19.3 Å². The number of carbonyl (C=O) groups excluding carboxylic acids is 3. The van der Waals surface area contributed by atoms with E-state index >= 15 is 0 Å². The van der Waals surface area contributed by atoms with Crippen LogP contribution in [0.1, 0.15) is 278 Å². The predicted molar refractivity (Wildman–Crippen MR) is 238 cm³/mol. The molecule has 6 nitrogen and oxygen atoms in total. The molecule has 6 heteroatoms. The average molecular weight is 793 g/mol. The third-order valence-electron chi connectivity index (χ3n) is 11.3. The van der Waals surface area contributed by atoms with Crippen molar-refractivity contribution in [2.45, 2.75) is 284 Å². The van der Waals surface area contributed by atoms with E-state index in [4.69, 9.17) is 14.2 Å². The third kappa shape index (κ3) is 43.5. The van der Waals surface area contributed by atoms with E-state index in [0.29, 0.717) is 19.3 Å². The molecule has 0 aromatic heterocycles. The van der Waals surface area contributed by atoms with Crippen LogP contribution in [0.2, 0.25) is 0 Å². The summed E-state index contributed by atoms with van der Waals surface area (Å²) in [4.78, 5) is 37.6. The Morgan fingerprint density at radius 1 is 0.339 bits per heavy atom. The first-order valence-corrected chi connectivity index (χ1v) is 24.9. The fourth-order valence-electron chi connectivity index (χ4n) is 7.51. The van der Waals surface area contributed by atoms with Crippen LogP contribution in [-0.4, -0.2) is 37.2 Å². The van der Waals surface area contributed by atoms with Crippen LogP contribution < -0.4 is 0 Å². The quantitative estimate of drug-likeness (QED) is 0.0347. The van der Waals surface area contributed by atoms with Gasteiger partial charge in [-0.25, -0.2) is 0 Å². The van der Waals surface area contributed by atoms with Gasteiger partial charge in [0.25, 0.3) is 0 Å². The van der Waals surface area contributed by atoms with Gasteiger partial charge in [0.15, 0.2) is 6.10 Å². The molecule has 0 aliphatic carbocycles. The second-order valence-corrected chi connectivity index (χ2v) is 17.6. The van der Waals surface area contributed by atoms with Gasteiger partial charge < -0.3 is 14.2 Å². The second-order valence-electron chi connectivity index (χ2n) is 17.6. The first kappa shape index (κ1) is 54.4. The standard InChI is InChI=1S/C50H96O6/c1-5-7-9-11-12-13-14-15-16-17-18-19-20-21-24-27-30-34-37-41-48(51)54-44-47(56-50(53)43-39-32-10-8-6-2)45-55-49(52)42-38-35-31-28-25-22-23-26-29-33-36-40-46(3)4/h46-47H,5-45H2,1-4H3/t47-/m0/s1. The summed E-state index contributed by atoms with van der Waals surface area (Å²) in [6, 6.07) is 0. The van der Waals surface area contributed by atoms with Gasteiger partial charge in [0.1, 0.15) is 13.2 Å². The van der Waals surface area contributed by atoms with Gasteiger partial charge in [0.2, 0.25) is 0 Å². The fourth-order valence-corrected chi connectivity index (χ4v) is 7.51. The van der Waals surface area contributed by atoms with E-state index in [-0.39, 0.29) is 31.1 Å². The molecule has 0 bridgehead atoms. The van der Waals surface area contributed by atoms with Crippen LogP contribution in [0.4, 0.5) is 0 Å². The van der Waals surface area contributed by atoms with Gasteiger partial charge in [-0.15, -0.1) is 0 Å². The molecule has 0 amide bonds. The van der Waals surface area contributed by atoms with Crippen molar-refractivity contribution in [3.63, 3.8) is 0 Å². The highest BCUT2D eigenvalue weighted by atomic mass is 16.6. The Bertz CT molecular complexity index is 841. The maximum absolute atomic E-state index is 12.6. The van der Waals surface area contributed by atoms with E-state index in [1.807, 2.05) is 0 Å². The number of hydrogen-bond acceptors (Lipinski definition) is 6. The Balaban J connectivity index is 4.05. The van der Waals surface area contributed by atoms with Crippen molar-refractivity contribution in [3.8, 4) is 0 Å². The number of esters is 3. The maximum Gasteiger partial charge on any atom is 0.306 e. The van der Waals surface area contributed by atoms with Crippen LogP contribution in [0, 0.1) is 5.92 Å². The van der Waals surface area contributed by atoms with E-state index in [0.717, 1.165) is 70.1 Å². The molecule has 0 aromatic carbocycles. The summed E-state index contributed by atoms with van der Waals surface area (Å²) in [6.07, 6.45) is 45.6. The van der Waals surface area contributed by atoms with Gasteiger partial charge in [0.05, 0.1) is 0 Å². The Morgan fingerprint density at radius 2 is 0.589 bits per heavy atom. The number of rotatable bonds is 45. The van der Waals surface area contributed by atoms with E-state index in [1.165, 1.54) is 167 Å². The van der Waals surface area contributed by atoms with E-state index in [1.54, 1.807) is 0 Å².